The molecule has 1 N–H and O–H groups in total. The number of aromatic nitrogens is 2. The Bertz CT molecular complexity index is 887. The molecule has 2 aromatic rings. The molecular weight excluding hydrogens is 394 g/mol. The molecule has 3 heterocycles. The average Bonchev–Trinajstić information content (AvgIpc) is 2.75. The minimum Gasteiger partial charge on any atom is -0.487 e. The molecule has 2 fully saturated rings. The summed E-state index contributed by atoms with van der Waals surface area (Å²) in [5.41, 5.74) is 0.289. The van der Waals surface area contributed by atoms with E-state index in [1.54, 1.807) is 11.1 Å². The van der Waals surface area contributed by atoms with Crippen LogP contribution in [-0.4, -0.2) is 64.3 Å². The van der Waals surface area contributed by atoms with Crippen molar-refractivity contribution in [3.63, 3.8) is 0 Å². The molecule has 2 aliphatic rings. The number of carbonyl (C=O) groups is 1. The van der Waals surface area contributed by atoms with Crippen LogP contribution in [0.2, 0.25) is 0 Å². The Morgan fingerprint density at radius 1 is 1.07 bits per heavy atom. The molecule has 4 rings (SSSR count). The highest BCUT2D eigenvalue weighted by Crippen LogP contribution is 2.24. The number of amides is 1. The number of aliphatic hydroxyl groups is 1. The number of hydrogen-bond acceptors (Lipinski definition) is 6. The van der Waals surface area contributed by atoms with Gasteiger partial charge in [0, 0.05) is 50.8 Å². The van der Waals surface area contributed by atoms with Crippen LogP contribution < -0.4 is 9.64 Å². The van der Waals surface area contributed by atoms with Gasteiger partial charge in [-0.15, -0.1) is 0 Å². The second-order valence-corrected chi connectivity index (χ2v) is 7.68. The van der Waals surface area contributed by atoms with Crippen LogP contribution in [0.1, 0.15) is 36.2 Å². The summed E-state index contributed by atoms with van der Waals surface area (Å²) in [6.07, 6.45) is 5.06. The number of carbonyl (C=O) groups excluding carboxylic acids is 1. The Hall–Kier alpha value is -2.81. The number of ether oxygens (including phenoxy) is 1. The second-order valence-electron chi connectivity index (χ2n) is 7.68. The van der Waals surface area contributed by atoms with Crippen molar-refractivity contribution in [2.24, 2.45) is 0 Å². The van der Waals surface area contributed by atoms with E-state index in [4.69, 9.17) is 4.74 Å². The molecule has 2 saturated heterocycles. The molecule has 0 bridgehead atoms. The predicted octanol–water partition coefficient (Wildman–Crippen LogP) is 2.40. The van der Waals surface area contributed by atoms with Crippen LogP contribution in [0.3, 0.4) is 0 Å². The lowest BCUT2D eigenvalue weighted by molar-refractivity contribution is 0.0237. The van der Waals surface area contributed by atoms with Crippen molar-refractivity contribution in [3.8, 4) is 5.75 Å². The van der Waals surface area contributed by atoms with E-state index < -0.39 is 23.8 Å². The molecule has 1 aromatic carbocycles. The van der Waals surface area contributed by atoms with Gasteiger partial charge in [0.2, 0.25) is 0 Å². The Kier molecular flexibility index (Phi) is 6.08. The SMILES string of the molecule is O=C(c1cncc(N2CC[C@@H](Oc3cc(F)cc(F)c3)[C@H](O)C2)n1)N1CCCCC1. The van der Waals surface area contributed by atoms with Crippen LogP contribution in [0, 0.1) is 11.6 Å². The second kappa shape index (κ2) is 8.91. The smallest absolute Gasteiger partial charge is 0.274 e. The van der Waals surface area contributed by atoms with Crippen molar-refractivity contribution in [3.05, 3.63) is 47.9 Å². The Morgan fingerprint density at radius 2 is 1.80 bits per heavy atom. The van der Waals surface area contributed by atoms with Gasteiger partial charge in [0.15, 0.2) is 0 Å². The van der Waals surface area contributed by atoms with Gasteiger partial charge in [-0.25, -0.2) is 13.8 Å². The normalized spacial score (nSPS) is 22.1. The summed E-state index contributed by atoms with van der Waals surface area (Å²) in [6.45, 7) is 2.16. The monoisotopic (exact) mass is 418 g/mol. The average molecular weight is 418 g/mol. The Labute approximate surface area is 173 Å². The lowest BCUT2D eigenvalue weighted by Gasteiger charge is -2.36. The zero-order valence-electron chi connectivity index (χ0n) is 16.5. The first kappa shape index (κ1) is 20.5. The number of β-amino-alcohol motifs (C(OH)–C–C–N with tert-alkyl or cyclic N) is 1. The molecule has 9 heteroatoms. The number of nitrogens with zero attached hydrogens (tertiary/aromatic N) is 4. The van der Waals surface area contributed by atoms with Gasteiger partial charge < -0.3 is 19.6 Å². The summed E-state index contributed by atoms with van der Waals surface area (Å²) in [5, 5.41) is 10.5. The fourth-order valence-corrected chi connectivity index (χ4v) is 3.90. The van der Waals surface area contributed by atoms with Crippen molar-refractivity contribution in [1.82, 2.24) is 14.9 Å². The largest absolute Gasteiger partial charge is 0.487 e. The van der Waals surface area contributed by atoms with Crippen LogP contribution in [0.25, 0.3) is 0 Å². The zero-order valence-corrected chi connectivity index (χ0v) is 16.5. The van der Waals surface area contributed by atoms with Crippen LogP contribution in [0.15, 0.2) is 30.6 Å². The summed E-state index contributed by atoms with van der Waals surface area (Å²) in [4.78, 5) is 24.9. The molecule has 1 aromatic heterocycles. The van der Waals surface area contributed by atoms with E-state index in [-0.39, 0.29) is 23.9 Å². The summed E-state index contributed by atoms with van der Waals surface area (Å²) in [5.74, 6) is -1.05. The molecule has 1 amide bonds. The van der Waals surface area contributed by atoms with Crippen molar-refractivity contribution >= 4 is 11.7 Å². The van der Waals surface area contributed by atoms with Crippen molar-refractivity contribution in [2.45, 2.75) is 37.9 Å². The molecule has 0 unspecified atom stereocenters. The number of aliphatic hydroxyl groups excluding tert-OH is 1. The van der Waals surface area contributed by atoms with Crippen LogP contribution in [0.4, 0.5) is 14.6 Å². The van der Waals surface area contributed by atoms with Crippen LogP contribution in [0.5, 0.6) is 5.75 Å². The van der Waals surface area contributed by atoms with E-state index >= 15 is 0 Å². The van der Waals surface area contributed by atoms with Gasteiger partial charge in [-0.2, -0.15) is 0 Å². The first-order valence-corrected chi connectivity index (χ1v) is 10.2. The number of anilines is 1. The Morgan fingerprint density at radius 3 is 2.50 bits per heavy atom. The van der Waals surface area contributed by atoms with Gasteiger partial charge in [0.05, 0.1) is 12.4 Å². The van der Waals surface area contributed by atoms with E-state index in [0.29, 0.717) is 18.8 Å². The number of rotatable bonds is 4. The van der Waals surface area contributed by atoms with Gasteiger partial charge in [-0.1, -0.05) is 0 Å². The lowest BCUT2D eigenvalue weighted by Crippen LogP contribution is -2.49. The van der Waals surface area contributed by atoms with Crippen LogP contribution in [-0.2, 0) is 0 Å². The van der Waals surface area contributed by atoms with E-state index in [2.05, 4.69) is 9.97 Å². The molecule has 160 valence electrons. The molecule has 7 nitrogen and oxygen atoms in total. The molecule has 0 spiro atoms. The third-order valence-corrected chi connectivity index (χ3v) is 5.45. The molecule has 0 saturated carbocycles. The highest BCUT2D eigenvalue weighted by molar-refractivity contribution is 5.92. The Balaban J connectivity index is 1.41. The highest BCUT2D eigenvalue weighted by Gasteiger charge is 2.31. The van der Waals surface area contributed by atoms with Gasteiger partial charge in [0.1, 0.15) is 41.1 Å². The number of halogens is 2. The predicted molar refractivity (Wildman–Crippen MR) is 105 cm³/mol. The molecule has 2 aliphatic heterocycles. The minimum atomic E-state index is -0.895. The fraction of sp³-hybridized carbons (Fsp3) is 0.476. The quantitative estimate of drug-likeness (QED) is 0.822. The first-order valence-electron chi connectivity index (χ1n) is 10.2. The summed E-state index contributed by atoms with van der Waals surface area (Å²) in [7, 11) is 0. The molecule has 0 aliphatic carbocycles. The lowest BCUT2D eigenvalue weighted by atomic mass is 10.0. The van der Waals surface area contributed by atoms with E-state index in [9.17, 15) is 18.7 Å². The van der Waals surface area contributed by atoms with E-state index in [1.807, 2.05) is 4.90 Å². The third kappa shape index (κ3) is 4.67. The number of hydrogen-bond donors (Lipinski definition) is 1. The maximum absolute atomic E-state index is 13.4. The maximum atomic E-state index is 13.4. The topological polar surface area (TPSA) is 78.8 Å². The van der Waals surface area contributed by atoms with E-state index in [0.717, 1.165) is 50.6 Å². The molecular formula is C21H24F2N4O3. The van der Waals surface area contributed by atoms with Gasteiger partial charge in [-0.3, -0.25) is 9.78 Å². The van der Waals surface area contributed by atoms with Crippen LogP contribution >= 0.6 is 0 Å². The standard InChI is InChI=1S/C21H24F2N4O3/c22-14-8-15(23)10-16(9-14)30-19-4-7-27(13-18(19)28)20-12-24-11-17(25-20)21(29)26-5-2-1-3-6-26/h8-12,18-19,28H,1-7,13H2/t18-,19-/m1/s1. The summed E-state index contributed by atoms with van der Waals surface area (Å²) < 4.78 is 32.3. The van der Waals surface area contributed by atoms with Gasteiger partial charge in [0.25, 0.3) is 5.91 Å². The molecule has 30 heavy (non-hydrogen) atoms. The number of likely N-dealkylation sites (tertiary alicyclic amines) is 1. The fourth-order valence-electron chi connectivity index (χ4n) is 3.90. The summed E-state index contributed by atoms with van der Waals surface area (Å²) >= 11 is 0. The maximum Gasteiger partial charge on any atom is 0.274 e. The minimum absolute atomic E-state index is 0.0407. The van der Waals surface area contributed by atoms with Gasteiger partial charge >= 0.3 is 0 Å². The van der Waals surface area contributed by atoms with Gasteiger partial charge in [-0.05, 0) is 19.3 Å². The van der Waals surface area contributed by atoms with Crippen molar-refractivity contribution in [1.29, 1.82) is 0 Å². The van der Waals surface area contributed by atoms with Crippen molar-refractivity contribution in [2.75, 3.05) is 31.1 Å². The first-order chi connectivity index (χ1) is 14.5. The number of piperidine rings is 2. The third-order valence-electron chi connectivity index (χ3n) is 5.45. The van der Waals surface area contributed by atoms with Crippen molar-refractivity contribution < 1.29 is 23.4 Å². The molecule has 2 atom stereocenters. The van der Waals surface area contributed by atoms with E-state index in [1.165, 1.54) is 6.20 Å². The highest BCUT2D eigenvalue weighted by atomic mass is 19.1. The number of benzene rings is 1. The molecule has 0 radical (unpaired) electrons. The zero-order chi connectivity index (χ0) is 21.1. The summed E-state index contributed by atoms with van der Waals surface area (Å²) in [6, 6.07) is 2.94.